The van der Waals surface area contributed by atoms with Crippen LogP contribution in [-0.4, -0.2) is 4.98 Å². The molecule has 0 amide bonds. The van der Waals surface area contributed by atoms with Gasteiger partial charge in [-0.1, -0.05) is 43.3 Å². The summed E-state index contributed by atoms with van der Waals surface area (Å²) in [5.41, 5.74) is 4.00. The average Bonchev–Trinajstić information content (AvgIpc) is 2.38. The molecule has 0 N–H and O–H groups in total. The number of nitrogens with zero attached hydrogens (tertiary/aromatic N) is 1. The highest BCUT2D eigenvalue weighted by Gasteiger charge is 2.01. The van der Waals surface area contributed by atoms with Crippen LogP contribution in [0.3, 0.4) is 0 Å². The number of aryl methyl sites for hydroxylation is 3. The van der Waals surface area contributed by atoms with E-state index >= 15 is 0 Å². The van der Waals surface area contributed by atoms with Gasteiger partial charge in [0.15, 0.2) is 0 Å². The van der Waals surface area contributed by atoms with E-state index in [1.165, 1.54) is 16.8 Å². The molecule has 0 radical (unpaired) electrons. The highest BCUT2D eigenvalue weighted by molar-refractivity contribution is 5.22. The number of pyridine rings is 1. The number of rotatable bonds is 4. The molecule has 16 heavy (non-hydrogen) atoms. The maximum absolute atomic E-state index is 4.46. The van der Waals surface area contributed by atoms with Gasteiger partial charge in [-0.25, -0.2) is 0 Å². The van der Waals surface area contributed by atoms with Gasteiger partial charge in [-0.2, -0.15) is 0 Å². The molecule has 0 saturated heterocycles. The second-order valence-corrected chi connectivity index (χ2v) is 3.95. The molecule has 1 aromatic heterocycles. The summed E-state index contributed by atoms with van der Waals surface area (Å²) in [6.07, 6.45) is 5.07. The van der Waals surface area contributed by atoms with Gasteiger partial charge in [0.2, 0.25) is 0 Å². The van der Waals surface area contributed by atoms with Crippen molar-refractivity contribution < 1.29 is 0 Å². The predicted octanol–water partition coefficient (Wildman–Crippen LogP) is 3.43. The first kappa shape index (κ1) is 10.9. The van der Waals surface area contributed by atoms with Gasteiger partial charge in [0.1, 0.15) is 0 Å². The molecule has 0 aliphatic carbocycles. The Kier molecular flexibility index (Phi) is 3.71. The molecule has 2 rings (SSSR count). The van der Waals surface area contributed by atoms with Crippen molar-refractivity contribution >= 4 is 0 Å². The monoisotopic (exact) mass is 211 g/mol. The van der Waals surface area contributed by atoms with Crippen molar-refractivity contribution in [3.63, 3.8) is 0 Å². The Bertz CT molecular complexity index is 434. The molecule has 0 spiro atoms. The van der Waals surface area contributed by atoms with Crippen LogP contribution in [0.25, 0.3) is 0 Å². The van der Waals surface area contributed by atoms with Crippen molar-refractivity contribution in [3.8, 4) is 0 Å². The first-order valence-electron chi connectivity index (χ1n) is 5.87. The van der Waals surface area contributed by atoms with Crippen LogP contribution in [0.1, 0.15) is 23.7 Å². The summed E-state index contributed by atoms with van der Waals surface area (Å²) in [6, 6.07) is 14.8. The van der Waals surface area contributed by atoms with E-state index in [0.29, 0.717) is 0 Å². The van der Waals surface area contributed by atoms with Crippen LogP contribution in [0.4, 0.5) is 0 Å². The lowest BCUT2D eigenvalue weighted by Crippen LogP contribution is -1.99. The van der Waals surface area contributed by atoms with Crippen LogP contribution in [0.5, 0.6) is 0 Å². The fourth-order valence-electron chi connectivity index (χ4n) is 1.93. The summed E-state index contributed by atoms with van der Waals surface area (Å²) >= 11 is 0. The smallest absolute Gasteiger partial charge is 0.0438 e. The minimum atomic E-state index is 1.04. The normalized spacial score (nSPS) is 10.3. The number of aromatic nitrogens is 1. The van der Waals surface area contributed by atoms with E-state index in [1.807, 2.05) is 12.3 Å². The summed E-state index contributed by atoms with van der Waals surface area (Å²) in [4.78, 5) is 4.46. The first-order valence-corrected chi connectivity index (χ1v) is 5.87. The van der Waals surface area contributed by atoms with Crippen LogP contribution < -0.4 is 0 Å². The van der Waals surface area contributed by atoms with Gasteiger partial charge in [-0.3, -0.25) is 4.98 Å². The lowest BCUT2D eigenvalue weighted by atomic mass is 10.0. The minimum Gasteiger partial charge on any atom is -0.261 e. The van der Waals surface area contributed by atoms with Crippen molar-refractivity contribution in [1.82, 2.24) is 4.98 Å². The molecule has 0 aliphatic rings. The van der Waals surface area contributed by atoms with Crippen LogP contribution in [-0.2, 0) is 19.3 Å². The molecule has 2 aromatic rings. The number of benzene rings is 1. The number of hydrogen-bond donors (Lipinski definition) is 0. The topological polar surface area (TPSA) is 12.9 Å². The van der Waals surface area contributed by atoms with Crippen LogP contribution in [0, 0.1) is 0 Å². The zero-order valence-electron chi connectivity index (χ0n) is 9.69. The molecule has 0 bridgehead atoms. The molecular weight excluding hydrogens is 194 g/mol. The Morgan fingerprint density at radius 3 is 2.50 bits per heavy atom. The van der Waals surface area contributed by atoms with Gasteiger partial charge in [-0.05, 0) is 36.5 Å². The Morgan fingerprint density at radius 1 is 0.938 bits per heavy atom. The maximum atomic E-state index is 4.46. The van der Waals surface area contributed by atoms with Gasteiger partial charge in [0, 0.05) is 11.9 Å². The largest absolute Gasteiger partial charge is 0.261 e. The van der Waals surface area contributed by atoms with Crippen molar-refractivity contribution in [1.29, 1.82) is 0 Å². The summed E-state index contributed by atoms with van der Waals surface area (Å²) in [5, 5.41) is 0. The van der Waals surface area contributed by atoms with Gasteiger partial charge in [0.25, 0.3) is 0 Å². The minimum absolute atomic E-state index is 1.04. The van der Waals surface area contributed by atoms with E-state index in [4.69, 9.17) is 0 Å². The molecule has 0 fully saturated rings. The predicted molar refractivity (Wildman–Crippen MR) is 67.5 cm³/mol. The van der Waals surface area contributed by atoms with Crippen molar-refractivity contribution in [2.45, 2.75) is 26.2 Å². The van der Waals surface area contributed by atoms with Crippen molar-refractivity contribution in [2.24, 2.45) is 0 Å². The Labute approximate surface area is 97.2 Å². The molecule has 1 heterocycles. The molecule has 1 nitrogen and oxygen atoms in total. The molecule has 0 unspecified atom stereocenters. The fourth-order valence-corrected chi connectivity index (χ4v) is 1.93. The Hall–Kier alpha value is -1.63. The second kappa shape index (κ2) is 5.45. The lowest BCUT2D eigenvalue weighted by Gasteiger charge is -2.06. The zero-order chi connectivity index (χ0) is 11.2. The summed E-state index contributed by atoms with van der Waals surface area (Å²) in [7, 11) is 0. The third-order valence-corrected chi connectivity index (χ3v) is 2.86. The SMILES string of the molecule is CCc1cccnc1CCc1ccccc1. The molecule has 1 heteroatoms. The van der Waals surface area contributed by atoms with Crippen molar-refractivity contribution in [3.05, 3.63) is 65.5 Å². The molecule has 82 valence electrons. The van der Waals surface area contributed by atoms with E-state index < -0.39 is 0 Å². The molecule has 0 aliphatic heterocycles. The van der Waals surface area contributed by atoms with Gasteiger partial charge >= 0.3 is 0 Å². The lowest BCUT2D eigenvalue weighted by molar-refractivity contribution is 0.882. The third-order valence-electron chi connectivity index (χ3n) is 2.86. The highest BCUT2D eigenvalue weighted by Crippen LogP contribution is 2.10. The first-order chi connectivity index (χ1) is 7.90. The molecule has 0 saturated carbocycles. The van der Waals surface area contributed by atoms with E-state index in [0.717, 1.165) is 19.3 Å². The van der Waals surface area contributed by atoms with E-state index in [-0.39, 0.29) is 0 Å². The average molecular weight is 211 g/mol. The summed E-state index contributed by atoms with van der Waals surface area (Å²) in [5.74, 6) is 0. The second-order valence-electron chi connectivity index (χ2n) is 3.95. The van der Waals surface area contributed by atoms with E-state index in [9.17, 15) is 0 Å². The van der Waals surface area contributed by atoms with Gasteiger partial charge in [-0.15, -0.1) is 0 Å². The fraction of sp³-hybridized carbons (Fsp3) is 0.267. The molecule has 1 aromatic carbocycles. The summed E-state index contributed by atoms with van der Waals surface area (Å²) in [6.45, 7) is 2.18. The quantitative estimate of drug-likeness (QED) is 0.755. The van der Waals surface area contributed by atoms with Crippen LogP contribution >= 0.6 is 0 Å². The standard InChI is InChI=1S/C15H17N/c1-2-14-9-6-12-16-15(14)11-10-13-7-4-3-5-8-13/h3-9,12H,2,10-11H2,1H3. The maximum Gasteiger partial charge on any atom is 0.0438 e. The molecule has 0 atom stereocenters. The van der Waals surface area contributed by atoms with Gasteiger partial charge in [0.05, 0.1) is 0 Å². The molecular formula is C15H17N. The highest BCUT2D eigenvalue weighted by atomic mass is 14.7. The van der Waals surface area contributed by atoms with Crippen LogP contribution in [0.15, 0.2) is 48.7 Å². The van der Waals surface area contributed by atoms with Gasteiger partial charge < -0.3 is 0 Å². The summed E-state index contributed by atoms with van der Waals surface area (Å²) < 4.78 is 0. The zero-order valence-corrected chi connectivity index (χ0v) is 9.69. The Balaban J connectivity index is 2.05. The van der Waals surface area contributed by atoms with Crippen molar-refractivity contribution in [2.75, 3.05) is 0 Å². The van der Waals surface area contributed by atoms with Crippen LogP contribution in [0.2, 0.25) is 0 Å². The number of hydrogen-bond acceptors (Lipinski definition) is 1. The third kappa shape index (κ3) is 2.69. The Morgan fingerprint density at radius 2 is 1.75 bits per heavy atom. The van der Waals surface area contributed by atoms with E-state index in [2.05, 4.69) is 48.3 Å². The van der Waals surface area contributed by atoms with E-state index in [1.54, 1.807) is 0 Å².